The molecule has 1 aromatic heterocycles. The fourth-order valence-electron chi connectivity index (χ4n) is 9.93. The van der Waals surface area contributed by atoms with Gasteiger partial charge in [-0.05, 0) is 87.8 Å². The monoisotopic (exact) mass is 1010 g/mol. The molecule has 15 nitrogen and oxygen atoms in total. The lowest BCUT2D eigenvalue weighted by atomic mass is 10.1. The first-order chi connectivity index (χ1) is 35.0. The Morgan fingerprint density at radius 1 is 0.764 bits per heavy atom. The lowest BCUT2D eigenvalue weighted by Gasteiger charge is -2.23. The number of rotatable bonds is 20. The number of carbonyl (C=O) groups excluding carboxylic acids is 3. The second kappa shape index (κ2) is 21.7. The number of pyridine rings is 1. The van der Waals surface area contributed by atoms with Crippen LogP contribution >= 0.6 is 21.6 Å². The fourth-order valence-corrected chi connectivity index (χ4v) is 12.6. The number of hydrogen-bond donors (Lipinski definition) is 1. The van der Waals surface area contributed by atoms with Crippen LogP contribution in [0.4, 0.5) is 22.7 Å². The first-order valence-electron chi connectivity index (χ1n) is 24.7. The van der Waals surface area contributed by atoms with E-state index in [1.54, 1.807) is 53.2 Å². The number of carbonyl (C=O) groups is 3. The number of hydroxylamine groups is 2. The number of nitrogens with one attached hydrogen (secondary N) is 1. The van der Waals surface area contributed by atoms with Gasteiger partial charge in [0.25, 0.3) is 11.8 Å². The molecule has 0 saturated carbocycles. The van der Waals surface area contributed by atoms with Gasteiger partial charge in [0.15, 0.2) is 23.0 Å². The van der Waals surface area contributed by atoms with Crippen molar-refractivity contribution in [2.75, 3.05) is 61.3 Å². The summed E-state index contributed by atoms with van der Waals surface area (Å²) in [6.45, 7) is 7.28. The van der Waals surface area contributed by atoms with Crippen LogP contribution < -0.4 is 38.8 Å². The van der Waals surface area contributed by atoms with E-state index in [9.17, 15) is 14.4 Å². The first kappa shape index (κ1) is 49.2. The highest BCUT2D eigenvalue weighted by Crippen LogP contribution is 2.44. The van der Waals surface area contributed by atoms with E-state index in [0.29, 0.717) is 88.6 Å². The predicted octanol–water partition coefficient (Wildman–Crippen LogP) is 10.2. The maximum atomic E-state index is 14.1. The standard InChI is InChI=1S/C55H60N6O9S2/c1-55(2,72-71-22-11-17-52(62)70-59-19-9-10-20-59)18-12-21-67-41-25-37(33-68-50-29-44-42(27-48(50)65-3)53(63)60-39(31-56-44)23-35-13-5-7-15-46(35)60)58-38(26-41)34-69-51-30-45-43(28-49(51)66-4)54(64)61-40(32-57-45)24-36-14-6-8-16-47(36)61/h5-8,13-16,25-31,39-40,57H,9-12,17-24,32-34H2,1-4H3. The summed E-state index contributed by atoms with van der Waals surface area (Å²) >= 11 is 0. The van der Waals surface area contributed by atoms with Crippen molar-refractivity contribution in [2.45, 2.75) is 95.3 Å². The quantitative estimate of drug-likeness (QED) is 0.0581. The number of nitrogens with zero attached hydrogens (tertiary/aromatic N) is 5. The van der Waals surface area contributed by atoms with E-state index in [1.165, 1.54) is 0 Å². The van der Waals surface area contributed by atoms with Gasteiger partial charge < -0.3 is 38.7 Å². The summed E-state index contributed by atoms with van der Waals surface area (Å²) in [5.41, 5.74) is 7.37. The van der Waals surface area contributed by atoms with Crippen LogP contribution in [0.1, 0.15) is 95.6 Å². The molecule has 0 aliphatic carbocycles. The van der Waals surface area contributed by atoms with Crippen molar-refractivity contribution in [3.05, 3.63) is 119 Å². The molecule has 0 spiro atoms. The Hall–Kier alpha value is -6.43. The van der Waals surface area contributed by atoms with Crippen LogP contribution in [-0.2, 0) is 35.7 Å². The molecule has 72 heavy (non-hydrogen) atoms. The molecule has 2 amide bonds. The van der Waals surface area contributed by atoms with Crippen LogP contribution in [0, 0.1) is 0 Å². The Bertz CT molecular complexity index is 2870. The number of methoxy groups -OCH3 is 2. The molecule has 0 radical (unpaired) electrons. The van der Waals surface area contributed by atoms with Gasteiger partial charge in [-0.25, -0.2) is 0 Å². The van der Waals surface area contributed by atoms with Crippen LogP contribution in [-0.4, -0.2) is 97.1 Å². The third-order valence-electron chi connectivity index (χ3n) is 13.5. The highest BCUT2D eigenvalue weighted by molar-refractivity contribution is 8.77. The molecule has 2 unspecified atom stereocenters. The smallest absolute Gasteiger partial charge is 0.325 e. The van der Waals surface area contributed by atoms with Crippen molar-refractivity contribution in [3.63, 3.8) is 0 Å². The number of anilines is 3. The van der Waals surface area contributed by atoms with Crippen molar-refractivity contribution in [2.24, 2.45) is 4.99 Å². The Balaban J connectivity index is 0.827. The van der Waals surface area contributed by atoms with Crippen molar-refractivity contribution in [1.82, 2.24) is 10.0 Å². The lowest BCUT2D eigenvalue weighted by molar-refractivity contribution is -0.185. The Kier molecular flexibility index (Phi) is 14.8. The van der Waals surface area contributed by atoms with Gasteiger partial charge in [0.1, 0.15) is 19.0 Å². The molecule has 1 saturated heterocycles. The van der Waals surface area contributed by atoms with E-state index >= 15 is 0 Å². The topological polar surface area (TPSA) is 154 Å². The third-order valence-corrected chi connectivity index (χ3v) is 17.0. The number of benzene rings is 4. The zero-order valence-corrected chi connectivity index (χ0v) is 42.8. The molecule has 4 aromatic carbocycles. The van der Waals surface area contributed by atoms with Gasteiger partial charge in [-0.15, -0.1) is 5.06 Å². The van der Waals surface area contributed by atoms with Crippen LogP contribution in [0.2, 0.25) is 0 Å². The van der Waals surface area contributed by atoms with Gasteiger partial charge >= 0.3 is 5.97 Å². The van der Waals surface area contributed by atoms with Crippen molar-refractivity contribution in [3.8, 4) is 28.7 Å². The predicted molar refractivity (Wildman–Crippen MR) is 282 cm³/mol. The van der Waals surface area contributed by atoms with Gasteiger partial charge in [-0.2, -0.15) is 0 Å². The van der Waals surface area contributed by atoms with Gasteiger partial charge in [-0.3, -0.25) is 29.3 Å². The van der Waals surface area contributed by atoms with Gasteiger partial charge in [-0.1, -0.05) is 58.0 Å². The molecule has 5 aliphatic rings. The van der Waals surface area contributed by atoms with Gasteiger partial charge in [0.05, 0.1) is 66.8 Å². The highest BCUT2D eigenvalue weighted by atomic mass is 33.1. The molecule has 5 aliphatic heterocycles. The van der Waals surface area contributed by atoms with Crippen molar-refractivity contribution < 1.29 is 42.9 Å². The first-order valence-corrected chi connectivity index (χ1v) is 27.1. The fraction of sp³-hybridized carbons (Fsp3) is 0.400. The summed E-state index contributed by atoms with van der Waals surface area (Å²) in [5, 5.41) is 5.29. The summed E-state index contributed by atoms with van der Waals surface area (Å²) in [6, 6.07) is 26.5. The maximum absolute atomic E-state index is 14.1. The molecular weight excluding hydrogens is 953 g/mol. The van der Waals surface area contributed by atoms with Crippen molar-refractivity contribution in [1.29, 1.82) is 0 Å². The summed E-state index contributed by atoms with van der Waals surface area (Å²) in [6.07, 6.45) is 8.36. The Labute approximate surface area is 428 Å². The van der Waals surface area contributed by atoms with Crippen LogP contribution in [0.15, 0.2) is 89.9 Å². The third kappa shape index (κ3) is 10.8. The maximum Gasteiger partial charge on any atom is 0.325 e. The second-order valence-electron chi connectivity index (χ2n) is 19.1. The van der Waals surface area contributed by atoms with E-state index in [4.69, 9.17) is 38.5 Å². The average molecular weight is 1010 g/mol. The highest BCUT2D eigenvalue weighted by Gasteiger charge is 2.39. The average Bonchev–Trinajstić information content (AvgIpc) is 4.10. The molecule has 10 rings (SSSR count). The van der Waals surface area contributed by atoms with Crippen LogP contribution in [0.5, 0.6) is 28.7 Å². The lowest BCUT2D eigenvalue weighted by Crippen LogP contribution is -2.39. The minimum absolute atomic E-state index is 0.0148. The molecule has 0 bridgehead atoms. The largest absolute Gasteiger partial charge is 0.493 e. The number of fused-ring (bicyclic) bond motifs is 8. The normalized spacial score (nSPS) is 17.7. The van der Waals surface area contributed by atoms with Gasteiger partial charge in [0, 0.05) is 84.8 Å². The van der Waals surface area contributed by atoms with E-state index in [0.717, 1.165) is 79.9 Å². The Morgan fingerprint density at radius 2 is 1.42 bits per heavy atom. The molecule has 17 heteroatoms. The number of hydrogen-bond acceptors (Lipinski definition) is 15. The Morgan fingerprint density at radius 3 is 2.14 bits per heavy atom. The van der Waals surface area contributed by atoms with Crippen molar-refractivity contribution >= 4 is 68.3 Å². The summed E-state index contributed by atoms with van der Waals surface area (Å²) in [7, 11) is 6.73. The zero-order chi connectivity index (χ0) is 49.8. The molecule has 1 fully saturated rings. The molecule has 376 valence electrons. The summed E-state index contributed by atoms with van der Waals surface area (Å²) < 4.78 is 31.0. The zero-order valence-electron chi connectivity index (χ0n) is 41.1. The molecule has 5 aromatic rings. The second-order valence-corrected chi connectivity index (χ2v) is 22.3. The number of para-hydroxylation sites is 2. The van der Waals surface area contributed by atoms with E-state index in [1.807, 2.05) is 82.6 Å². The summed E-state index contributed by atoms with van der Waals surface area (Å²) in [5.74, 6) is 2.77. The van der Waals surface area contributed by atoms with E-state index in [-0.39, 0.29) is 47.8 Å². The number of amides is 2. The SMILES string of the molecule is COc1cc2c(cc1OCc1cc(OCCCC(C)(C)SSCCCC(=O)ON3CCCC3)cc(COc3cc4c(cc3OC)C(=O)N3c5ccccc5CC3CN4)n1)N=CC1Cc3ccccc3N1C2=O. The number of aliphatic imine (C=N–C) groups is 1. The van der Waals surface area contributed by atoms with Gasteiger partial charge in [0.2, 0.25) is 0 Å². The molecule has 1 N–H and O–H groups in total. The molecular formula is C55H60N6O9S2. The number of aromatic nitrogens is 1. The number of ether oxygens (including phenoxy) is 5. The minimum Gasteiger partial charge on any atom is -0.493 e. The minimum atomic E-state index is -0.192. The molecule has 6 heterocycles. The van der Waals surface area contributed by atoms with Crippen LogP contribution in [0.3, 0.4) is 0 Å². The van der Waals surface area contributed by atoms with E-state index in [2.05, 4.69) is 25.2 Å². The molecule has 2 atom stereocenters. The van der Waals surface area contributed by atoms with Crippen LogP contribution in [0.25, 0.3) is 0 Å². The summed E-state index contributed by atoms with van der Waals surface area (Å²) in [4.78, 5) is 59.3. The van der Waals surface area contributed by atoms with E-state index < -0.39 is 0 Å².